The molecule has 19 heavy (non-hydrogen) atoms. The van der Waals surface area contributed by atoms with Gasteiger partial charge >= 0.3 is 12.0 Å². The van der Waals surface area contributed by atoms with E-state index < -0.39 is 22.0 Å². The Morgan fingerprint density at radius 2 is 1.95 bits per heavy atom. The van der Waals surface area contributed by atoms with Crippen molar-refractivity contribution in [2.45, 2.75) is 26.2 Å². The minimum absolute atomic E-state index is 0.0614. The van der Waals surface area contributed by atoms with Gasteiger partial charge in [-0.15, -0.1) is 0 Å². The maximum atomic E-state index is 11.3. The van der Waals surface area contributed by atoms with Gasteiger partial charge in [0.1, 0.15) is 0 Å². The first-order valence-corrected chi connectivity index (χ1v) is 7.66. The molecule has 0 fully saturated rings. The van der Waals surface area contributed by atoms with Crippen molar-refractivity contribution in [1.82, 2.24) is 10.6 Å². The molecule has 112 valence electrons. The number of carboxylic acids is 1. The number of sulfonamides is 1. The lowest BCUT2D eigenvalue weighted by Crippen LogP contribution is -2.38. The predicted molar refractivity (Wildman–Crippen MR) is 70.0 cm³/mol. The largest absolute Gasteiger partial charge is 0.481 e. The van der Waals surface area contributed by atoms with Crippen LogP contribution in [0.4, 0.5) is 4.79 Å². The zero-order chi connectivity index (χ0) is 14.9. The maximum Gasteiger partial charge on any atom is 0.314 e. The number of carbonyl (C=O) groups excluding carboxylic acids is 1. The summed E-state index contributed by atoms with van der Waals surface area (Å²) in [6, 6.07) is -0.406. The van der Waals surface area contributed by atoms with Crippen LogP contribution in [0, 0.1) is 5.92 Å². The molecule has 9 heteroatoms. The van der Waals surface area contributed by atoms with Crippen molar-refractivity contribution in [3.8, 4) is 0 Å². The number of rotatable bonds is 9. The van der Waals surface area contributed by atoms with Crippen molar-refractivity contribution in [2.24, 2.45) is 11.1 Å². The number of aliphatic carboxylic acids is 1. The molecule has 0 saturated heterocycles. The van der Waals surface area contributed by atoms with Gasteiger partial charge in [0.25, 0.3) is 0 Å². The zero-order valence-electron chi connectivity index (χ0n) is 10.9. The third-order valence-corrected chi connectivity index (χ3v) is 3.21. The molecule has 0 radical (unpaired) electrons. The summed E-state index contributed by atoms with van der Waals surface area (Å²) in [6.45, 7) is 2.42. The number of hydrogen-bond donors (Lipinski definition) is 4. The van der Waals surface area contributed by atoms with E-state index in [9.17, 15) is 18.0 Å². The van der Waals surface area contributed by atoms with E-state index in [2.05, 4.69) is 10.6 Å². The molecule has 0 aromatic rings. The van der Waals surface area contributed by atoms with Gasteiger partial charge in [-0.25, -0.2) is 18.4 Å². The van der Waals surface area contributed by atoms with Gasteiger partial charge in [0.15, 0.2) is 0 Å². The topological polar surface area (TPSA) is 139 Å². The van der Waals surface area contributed by atoms with Crippen LogP contribution in [0.1, 0.15) is 26.2 Å². The quantitative estimate of drug-likeness (QED) is 0.423. The van der Waals surface area contributed by atoms with Crippen LogP contribution in [0.2, 0.25) is 0 Å². The maximum absolute atomic E-state index is 11.3. The van der Waals surface area contributed by atoms with Gasteiger partial charge < -0.3 is 15.7 Å². The van der Waals surface area contributed by atoms with Crippen LogP contribution in [-0.4, -0.2) is 44.4 Å². The lowest BCUT2D eigenvalue weighted by atomic mass is 10.1. The Balaban J connectivity index is 3.61. The average molecular weight is 295 g/mol. The fraction of sp³-hybridized carbons (Fsp3) is 0.800. The van der Waals surface area contributed by atoms with E-state index in [0.717, 1.165) is 0 Å². The van der Waals surface area contributed by atoms with E-state index in [4.69, 9.17) is 10.2 Å². The van der Waals surface area contributed by atoms with Gasteiger partial charge in [-0.1, -0.05) is 6.92 Å². The number of carbonyl (C=O) groups is 2. The summed E-state index contributed by atoms with van der Waals surface area (Å²) in [6.07, 6.45) is 0.806. The molecular formula is C10H21N3O5S. The lowest BCUT2D eigenvalue weighted by molar-refractivity contribution is -0.137. The Bertz CT molecular complexity index is 396. The average Bonchev–Trinajstić information content (AvgIpc) is 2.28. The lowest BCUT2D eigenvalue weighted by Gasteiger charge is -2.12. The highest BCUT2D eigenvalue weighted by atomic mass is 32.2. The third kappa shape index (κ3) is 12.9. The van der Waals surface area contributed by atoms with E-state index in [1.165, 1.54) is 0 Å². The van der Waals surface area contributed by atoms with Crippen LogP contribution in [0.3, 0.4) is 0 Å². The second-order valence-corrected chi connectivity index (χ2v) is 6.13. The standard InChI is InChI=1S/C10H21N3O5S/c1-8(3-4-9(14)15)7-13-10(16)12-5-2-6-19(11,17)18/h8H,2-7H2,1H3,(H,14,15)(H2,11,17,18)(H2,12,13,16). The molecule has 0 aliphatic heterocycles. The molecule has 1 unspecified atom stereocenters. The van der Waals surface area contributed by atoms with Crippen LogP contribution < -0.4 is 15.8 Å². The zero-order valence-corrected chi connectivity index (χ0v) is 11.7. The highest BCUT2D eigenvalue weighted by molar-refractivity contribution is 7.89. The summed E-state index contributed by atoms with van der Waals surface area (Å²) in [7, 11) is -3.49. The summed E-state index contributed by atoms with van der Waals surface area (Å²) < 4.78 is 21.2. The first-order chi connectivity index (χ1) is 8.70. The number of urea groups is 1. The van der Waals surface area contributed by atoms with E-state index in [0.29, 0.717) is 13.0 Å². The summed E-state index contributed by atoms with van der Waals surface area (Å²) in [5.74, 6) is -0.979. The van der Waals surface area contributed by atoms with Gasteiger partial charge in [-0.3, -0.25) is 4.79 Å². The molecule has 0 spiro atoms. The first-order valence-electron chi connectivity index (χ1n) is 5.94. The highest BCUT2D eigenvalue weighted by Gasteiger charge is 2.08. The summed E-state index contributed by atoms with van der Waals surface area (Å²) >= 11 is 0. The molecule has 2 amide bonds. The van der Waals surface area contributed by atoms with Gasteiger partial charge in [0, 0.05) is 19.5 Å². The van der Waals surface area contributed by atoms with Gasteiger partial charge in [0.2, 0.25) is 10.0 Å². The van der Waals surface area contributed by atoms with Crippen molar-refractivity contribution < 1.29 is 23.1 Å². The Morgan fingerprint density at radius 3 is 2.47 bits per heavy atom. The molecule has 0 aliphatic carbocycles. The number of amides is 2. The predicted octanol–water partition coefficient (Wildman–Crippen LogP) is -0.535. The normalized spacial score (nSPS) is 12.7. The molecular weight excluding hydrogens is 274 g/mol. The van der Waals surface area contributed by atoms with Crippen LogP contribution in [-0.2, 0) is 14.8 Å². The number of nitrogens with one attached hydrogen (secondary N) is 2. The van der Waals surface area contributed by atoms with Gasteiger partial charge in [0.05, 0.1) is 5.75 Å². The van der Waals surface area contributed by atoms with Crippen LogP contribution in [0.25, 0.3) is 0 Å². The van der Waals surface area contributed by atoms with Gasteiger partial charge in [-0.2, -0.15) is 0 Å². The minimum Gasteiger partial charge on any atom is -0.481 e. The molecule has 0 aliphatic rings. The van der Waals surface area contributed by atoms with Crippen LogP contribution in [0.5, 0.6) is 0 Å². The van der Waals surface area contributed by atoms with Crippen LogP contribution in [0.15, 0.2) is 0 Å². The fourth-order valence-corrected chi connectivity index (χ4v) is 1.82. The molecule has 0 saturated carbocycles. The molecule has 1 atom stereocenters. The van der Waals surface area contributed by atoms with Crippen molar-refractivity contribution in [3.63, 3.8) is 0 Å². The van der Waals surface area contributed by atoms with E-state index in [1.54, 1.807) is 0 Å². The number of nitrogens with two attached hydrogens (primary N) is 1. The highest BCUT2D eigenvalue weighted by Crippen LogP contribution is 2.03. The number of primary sulfonamides is 1. The van der Waals surface area contributed by atoms with E-state index in [1.807, 2.05) is 6.92 Å². The molecule has 0 aromatic carbocycles. The summed E-state index contributed by atoms with van der Waals surface area (Å²) in [4.78, 5) is 21.6. The molecule has 5 N–H and O–H groups in total. The van der Waals surface area contributed by atoms with Crippen molar-refractivity contribution in [3.05, 3.63) is 0 Å². The molecule has 0 aromatic heterocycles. The SMILES string of the molecule is CC(CCC(=O)O)CNC(=O)NCCCS(N)(=O)=O. The number of hydrogen-bond acceptors (Lipinski definition) is 4. The Hall–Kier alpha value is -1.35. The first kappa shape index (κ1) is 17.6. The Kier molecular flexibility index (Phi) is 8.08. The Labute approximate surface area is 112 Å². The van der Waals surface area contributed by atoms with Crippen molar-refractivity contribution in [2.75, 3.05) is 18.8 Å². The minimum atomic E-state index is -3.49. The Morgan fingerprint density at radius 1 is 1.32 bits per heavy atom. The molecule has 0 rings (SSSR count). The summed E-state index contributed by atoms with van der Waals surface area (Å²) in [5, 5.41) is 18.4. The fourth-order valence-electron chi connectivity index (χ4n) is 1.28. The van der Waals surface area contributed by atoms with Crippen LogP contribution >= 0.6 is 0 Å². The number of carboxylic acid groups (broad SMARTS) is 1. The van der Waals surface area contributed by atoms with Crippen molar-refractivity contribution in [1.29, 1.82) is 0 Å². The monoisotopic (exact) mass is 295 g/mol. The van der Waals surface area contributed by atoms with E-state index >= 15 is 0 Å². The molecule has 0 heterocycles. The molecule has 8 nitrogen and oxygen atoms in total. The van der Waals surface area contributed by atoms with Gasteiger partial charge in [-0.05, 0) is 18.8 Å². The third-order valence-electron chi connectivity index (χ3n) is 2.35. The second-order valence-electron chi connectivity index (χ2n) is 4.39. The molecule has 0 bridgehead atoms. The second kappa shape index (κ2) is 8.70. The van der Waals surface area contributed by atoms with E-state index in [-0.39, 0.29) is 31.1 Å². The summed E-state index contributed by atoms with van der Waals surface area (Å²) in [5.41, 5.74) is 0. The van der Waals surface area contributed by atoms with Crippen molar-refractivity contribution >= 4 is 22.0 Å². The smallest absolute Gasteiger partial charge is 0.314 e.